The van der Waals surface area contributed by atoms with E-state index in [4.69, 9.17) is 5.73 Å². The highest BCUT2D eigenvalue weighted by Gasteiger charge is 2.01. The Kier molecular flexibility index (Phi) is 4.32. The summed E-state index contributed by atoms with van der Waals surface area (Å²) in [4.78, 5) is 23.4. The average Bonchev–Trinajstić information content (AvgIpc) is 2.23. The molecular weight excluding hydrogens is 220 g/mol. The van der Waals surface area contributed by atoms with Gasteiger partial charge in [0.1, 0.15) is 0 Å². The Morgan fingerprint density at radius 3 is 1.65 bits per heavy atom. The topological polar surface area (TPSA) is 95.9 Å². The third-order valence-corrected chi connectivity index (χ3v) is 1.44. The number of anilines is 1. The van der Waals surface area contributed by atoms with Crippen LogP contribution < -0.4 is 5.73 Å². The van der Waals surface area contributed by atoms with E-state index in [1.165, 1.54) is 0 Å². The van der Waals surface area contributed by atoms with Gasteiger partial charge in [0.05, 0.1) is 12.7 Å². The number of hydrogen-bond acceptors (Lipinski definition) is 6. The molecule has 0 aliphatic rings. The van der Waals surface area contributed by atoms with Crippen molar-refractivity contribution in [3.63, 3.8) is 0 Å². The molecule has 0 saturated heterocycles. The van der Waals surface area contributed by atoms with Gasteiger partial charge < -0.3 is 15.5 Å². The minimum absolute atomic E-state index is 0.0943. The molecule has 0 unspecified atom stereocenters. The van der Waals surface area contributed by atoms with Gasteiger partial charge in [0.25, 0.3) is 11.9 Å². The predicted molar refractivity (Wildman–Crippen MR) is 67.9 cm³/mol. The maximum atomic E-state index is 5.53. The molecule has 92 valence electrons. The summed E-state index contributed by atoms with van der Waals surface area (Å²) in [7, 11) is 7.39. The van der Waals surface area contributed by atoms with Crippen molar-refractivity contribution in [2.45, 2.75) is 0 Å². The second-order valence-electron chi connectivity index (χ2n) is 3.71. The molecule has 0 spiro atoms. The van der Waals surface area contributed by atoms with Crippen molar-refractivity contribution >= 4 is 30.5 Å². The summed E-state index contributed by atoms with van der Waals surface area (Å²) in [6.45, 7) is 0. The number of aliphatic imine (C=N–C) groups is 2. The van der Waals surface area contributed by atoms with E-state index < -0.39 is 0 Å². The van der Waals surface area contributed by atoms with Gasteiger partial charge in [-0.1, -0.05) is 0 Å². The van der Waals surface area contributed by atoms with E-state index in [1.54, 1.807) is 22.5 Å². The zero-order valence-electron chi connectivity index (χ0n) is 10.4. The Morgan fingerprint density at radius 1 is 0.882 bits per heavy atom. The monoisotopic (exact) mass is 236 g/mol. The Labute approximate surface area is 99.9 Å². The molecule has 1 heterocycles. The van der Waals surface area contributed by atoms with Gasteiger partial charge >= 0.3 is 0 Å². The summed E-state index contributed by atoms with van der Waals surface area (Å²) in [6.07, 6.45) is 3.16. The van der Waals surface area contributed by atoms with Crippen molar-refractivity contribution in [3.8, 4) is 0 Å². The molecule has 0 aliphatic heterocycles. The normalized spacial score (nSPS) is 11.3. The summed E-state index contributed by atoms with van der Waals surface area (Å²) in [5.74, 6) is 0.561. The van der Waals surface area contributed by atoms with Crippen LogP contribution in [0.25, 0.3) is 0 Å². The van der Waals surface area contributed by atoms with Gasteiger partial charge in [0.2, 0.25) is 5.95 Å². The maximum Gasteiger partial charge on any atom is 0.257 e. The zero-order valence-corrected chi connectivity index (χ0v) is 10.4. The summed E-state index contributed by atoms with van der Waals surface area (Å²) >= 11 is 0. The molecule has 0 radical (unpaired) electrons. The number of hydrogen-bond donors (Lipinski definition) is 1. The second kappa shape index (κ2) is 5.73. The van der Waals surface area contributed by atoms with Crippen molar-refractivity contribution in [1.82, 2.24) is 24.8 Å². The Bertz CT molecular complexity index is 387. The molecule has 8 nitrogen and oxygen atoms in total. The highest BCUT2D eigenvalue weighted by atomic mass is 15.2. The molecule has 8 heteroatoms. The van der Waals surface area contributed by atoms with E-state index in [0.717, 1.165) is 0 Å². The van der Waals surface area contributed by atoms with Gasteiger partial charge in [-0.15, -0.1) is 0 Å². The molecule has 0 saturated carbocycles. The van der Waals surface area contributed by atoms with E-state index in [1.807, 2.05) is 28.2 Å². The summed E-state index contributed by atoms with van der Waals surface area (Å²) in [5, 5.41) is 0. The average molecular weight is 236 g/mol. The first-order valence-corrected chi connectivity index (χ1v) is 4.90. The molecule has 0 bridgehead atoms. The van der Waals surface area contributed by atoms with Gasteiger partial charge in [0, 0.05) is 28.2 Å². The first-order chi connectivity index (χ1) is 7.97. The van der Waals surface area contributed by atoms with E-state index in [2.05, 4.69) is 24.9 Å². The molecule has 1 aromatic heterocycles. The lowest BCUT2D eigenvalue weighted by molar-refractivity contribution is 0.641. The third kappa shape index (κ3) is 4.87. The molecule has 0 aliphatic carbocycles. The van der Waals surface area contributed by atoms with Crippen molar-refractivity contribution in [2.75, 3.05) is 33.9 Å². The highest BCUT2D eigenvalue weighted by molar-refractivity contribution is 5.60. The zero-order chi connectivity index (χ0) is 12.8. The first-order valence-electron chi connectivity index (χ1n) is 4.90. The van der Waals surface area contributed by atoms with E-state index >= 15 is 0 Å². The minimum Gasteiger partial charge on any atom is -0.369 e. The van der Waals surface area contributed by atoms with Gasteiger partial charge in [0.15, 0.2) is 0 Å². The lowest BCUT2D eigenvalue weighted by Crippen LogP contribution is -2.08. The Morgan fingerprint density at radius 2 is 1.29 bits per heavy atom. The van der Waals surface area contributed by atoms with Crippen molar-refractivity contribution in [3.05, 3.63) is 0 Å². The molecule has 0 fully saturated rings. The summed E-state index contributed by atoms with van der Waals surface area (Å²) < 4.78 is 0. The smallest absolute Gasteiger partial charge is 0.257 e. The van der Waals surface area contributed by atoms with Crippen LogP contribution >= 0.6 is 0 Å². The van der Waals surface area contributed by atoms with Gasteiger partial charge in [-0.25, -0.2) is 9.98 Å². The van der Waals surface area contributed by atoms with Crippen molar-refractivity contribution < 1.29 is 0 Å². The summed E-state index contributed by atoms with van der Waals surface area (Å²) in [5.41, 5.74) is 5.53. The SMILES string of the molecule is CN(C)/C=N/c1nc(N)nc(/N=C/N(C)C)n1. The highest BCUT2D eigenvalue weighted by Crippen LogP contribution is 2.11. The number of nitrogens with two attached hydrogens (primary N) is 1. The van der Waals surface area contributed by atoms with Crippen LogP contribution in [0.3, 0.4) is 0 Å². The third-order valence-electron chi connectivity index (χ3n) is 1.44. The van der Waals surface area contributed by atoms with Crippen LogP contribution in [0.4, 0.5) is 17.8 Å². The fraction of sp³-hybridized carbons (Fsp3) is 0.444. The van der Waals surface area contributed by atoms with Crippen LogP contribution in [0.1, 0.15) is 0 Å². The number of rotatable bonds is 4. The van der Waals surface area contributed by atoms with E-state index in [9.17, 15) is 0 Å². The molecule has 2 N–H and O–H groups in total. The molecule has 1 rings (SSSR count). The van der Waals surface area contributed by atoms with Crippen LogP contribution in [0.5, 0.6) is 0 Å². The maximum absolute atomic E-state index is 5.53. The van der Waals surface area contributed by atoms with Crippen LogP contribution in [-0.2, 0) is 0 Å². The number of aromatic nitrogens is 3. The first kappa shape index (κ1) is 12.8. The quantitative estimate of drug-likeness (QED) is 0.579. The van der Waals surface area contributed by atoms with Crippen LogP contribution in [0.2, 0.25) is 0 Å². The molecule has 0 atom stereocenters. The van der Waals surface area contributed by atoms with Crippen molar-refractivity contribution in [2.24, 2.45) is 9.98 Å². The largest absolute Gasteiger partial charge is 0.369 e. The van der Waals surface area contributed by atoms with Crippen LogP contribution in [0.15, 0.2) is 9.98 Å². The van der Waals surface area contributed by atoms with Gasteiger partial charge in [-0.3, -0.25) is 0 Å². The fourth-order valence-corrected chi connectivity index (χ4v) is 0.819. The van der Waals surface area contributed by atoms with E-state index in [0.29, 0.717) is 0 Å². The molecule has 17 heavy (non-hydrogen) atoms. The van der Waals surface area contributed by atoms with E-state index in [-0.39, 0.29) is 17.8 Å². The van der Waals surface area contributed by atoms with Gasteiger partial charge in [-0.2, -0.15) is 15.0 Å². The second-order valence-corrected chi connectivity index (χ2v) is 3.71. The molecule has 1 aromatic rings. The molecular formula is C9H16N8. The van der Waals surface area contributed by atoms with Crippen molar-refractivity contribution in [1.29, 1.82) is 0 Å². The number of nitrogens with zero attached hydrogens (tertiary/aromatic N) is 7. The Balaban J connectivity index is 2.94. The standard InChI is InChI=1S/C9H16N8/c1-16(2)5-11-8-13-7(10)14-9(15-8)12-6-17(3)4/h5-6H,1-4H3,(H2,10,13,14,15)/b11-5+,12-6+. The Hall–Kier alpha value is -2.25. The number of nitrogen functional groups attached to an aromatic ring is 1. The minimum atomic E-state index is 0.0943. The summed E-state index contributed by atoms with van der Waals surface area (Å²) in [6, 6.07) is 0. The predicted octanol–water partition coefficient (Wildman–Crippen LogP) is -0.103. The molecule has 0 aromatic carbocycles. The van der Waals surface area contributed by atoms with Gasteiger partial charge in [-0.05, 0) is 0 Å². The lowest BCUT2D eigenvalue weighted by atomic mass is 10.8. The van der Waals surface area contributed by atoms with Crippen LogP contribution in [0, 0.1) is 0 Å². The fourth-order valence-electron chi connectivity index (χ4n) is 0.819. The lowest BCUT2D eigenvalue weighted by Gasteiger charge is -2.03. The van der Waals surface area contributed by atoms with Crippen LogP contribution in [-0.4, -0.2) is 65.6 Å². The molecule has 0 amide bonds.